The van der Waals surface area contributed by atoms with Crippen molar-refractivity contribution in [2.24, 2.45) is 0 Å². The Labute approximate surface area is 115 Å². The molecule has 20 heavy (non-hydrogen) atoms. The summed E-state index contributed by atoms with van der Waals surface area (Å²) >= 11 is 0. The molecule has 0 spiro atoms. The van der Waals surface area contributed by atoms with E-state index >= 15 is 0 Å². The Hall–Kier alpha value is -1.79. The molecule has 2 aliphatic heterocycles. The lowest BCUT2D eigenvalue weighted by atomic mass is 10.2. The Kier molecular flexibility index (Phi) is 3.50. The summed E-state index contributed by atoms with van der Waals surface area (Å²) in [5.41, 5.74) is 0.441. The molecule has 5 nitrogen and oxygen atoms in total. The topological polar surface area (TPSA) is 51.1 Å². The van der Waals surface area contributed by atoms with Gasteiger partial charge in [-0.3, -0.25) is 9.59 Å². The van der Waals surface area contributed by atoms with E-state index in [2.05, 4.69) is 0 Å². The molecule has 6 heteroatoms. The molecule has 0 radical (unpaired) electrons. The highest BCUT2D eigenvalue weighted by molar-refractivity contribution is 6.21. The maximum absolute atomic E-state index is 12.9. The van der Waals surface area contributed by atoms with Crippen molar-refractivity contribution in [1.29, 1.82) is 0 Å². The van der Waals surface area contributed by atoms with Crippen molar-refractivity contribution in [2.45, 2.75) is 12.5 Å². The van der Waals surface area contributed by atoms with Crippen LogP contribution < -0.4 is 9.80 Å². The van der Waals surface area contributed by atoms with Crippen molar-refractivity contribution in [3.05, 3.63) is 30.1 Å². The minimum atomic E-state index is -0.386. The van der Waals surface area contributed by atoms with Gasteiger partial charge in [-0.2, -0.15) is 0 Å². The van der Waals surface area contributed by atoms with Crippen LogP contribution in [0.15, 0.2) is 24.3 Å². The first-order chi connectivity index (χ1) is 9.66. The number of hydrogen-bond donors (Lipinski definition) is 1. The number of nitrogens with zero attached hydrogens (tertiary/aromatic N) is 1. The highest BCUT2D eigenvalue weighted by Crippen LogP contribution is 2.22. The Morgan fingerprint density at radius 2 is 1.80 bits per heavy atom. The van der Waals surface area contributed by atoms with Crippen molar-refractivity contribution in [3.63, 3.8) is 0 Å². The van der Waals surface area contributed by atoms with Crippen molar-refractivity contribution >= 4 is 17.5 Å². The van der Waals surface area contributed by atoms with Crippen molar-refractivity contribution in [1.82, 2.24) is 0 Å². The van der Waals surface area contributed by atoms with Gasteiger partial charge in [-0.1, -0.05) is 0 Å². The quantitative estimate of drug-likeness (QED) is 0.734. The third kappa shape index (κ3) is 2.32. The fraction of sp³-hybridized carbons (Fsp3) is 0.429. The standard InChI is InChI=1S/C14H15FN2O3/c15-10-1-3-11(4-2-10)17-13(18)9-12(14(17)19)16-5-7-20-8-6-16/h1-4,12H,5-9H2/p+1/t12-/m1/s1. The first-order valence-electron chi connectivity index (χ1n) is 6.71. The van der Waals surface area contributed by atoms with Crippen LogP contribution in [0, 0.1) is 5.82 Å². The summed E-state index contributed by atoms with van der Waals surface area (Å²) < 4.78 is 18.2. The van der Waals surface area contributed by atoms with Crippen LogP contribution in [0.1, 0.15) is 6.42 Å². The average Bonchev–Trinajstić information content (AvgIpc) is 2.76. The SMILES string of the molecule is O=C1C[C@@H]([NH+]2CCOCC2)C(=O)N1c1ccc(F)cc1. The van der Waals surface area contributed by atoms with Gasteiger partial charge in [0.25, 0.3) is 5.91 Å². The normalized spacial score (nSPS) is 24.4. The van der Waals surface area contributed by atoms with Gasteiger partial charge in [0.1, 0.15) is 18.9 Å². The molecule has 0 aromatic heterocycles. The van der Waals surface area contributed by atoms with E-state index in [-0.39, 0.29) is 30.1 Å². The van der Waals surface area contributed by atoms with Gasteiger partial charge in [0.05, 0.1) is 25.3 Å². The molecule has 2 amide bonds. The summed E-state index contributed by atoms with van der Waals surface area (Å²) in [7, 11) is 0. The van der Waals surface area contributed by atoms with Crippen LogP contribution in [0.2, 0.25) is 0 Å². The molecule has 0 aliphatic carbocycles. The van der Waals surface area contributed by atoms with E-state index in [1.54, 1.807) is 0 Å². The van der Waals surface area contributed by atoms with E-state index in [0.717, 1.165) is 18.0 Å². The molecule has 1 N–H and O–H groups in total. The minimum absolute atomic E-state index is 0.196. The van der Waals surface area contributed by atoms with Crippen molar-refractivity contribution in [3.8, 4) is 0 Å². The summed E-state index contributed by atoms with van der Waals surface area (Å²) in [4.78, 5) is 26.8. The van der Waals surface area contributed by atoms with E-state index in [9.17, 15) is 14.0 Å². The number of quaternary nitrogens is 1. The zero-order valence-electron chi connectivity index (χ0n) is 11.0. The van der Waals surface area contributed by atoms with E-state index < -0.39 is 0 Å². The maximum Gasteiger partial charge on any atom is 0.292 e. The third-order valence-corrected chi connectivity index (χ3v) is 3.86. The summed E-state index contributed by atoms with van der Waals surface area (Å²) in [6.07, 6.45) is 0.214. The van der Waals surface area contributed by atoms with Gasteiger partial charge < -0.3 is 9.64 Å². The van der Waals surface area contributed by atoms with Crippen LogP contribution in [0.25, 0.3) is 0 Å². The lowest BCUT2D eigenvalue weighted by Crippen LogP contribution is -3.18. The second-order valence-electron chi connectivity index (χ2n) is 5.07. The predicted molar refractivity (Wildman–Crippen MR) is 68.8 cm³/mol. The Morgan fingerprint density at radius 3 is 2.45 bits per heavy atom. The largest absolute Gasteiger partial charge is 0.370 e. The first-order valence-corrected chi connectivity index (χ1v) is 6.71. The smallest absolute Gasteiger partial charge is 0.292 e. The number of morpholine rings is 1. The number of rotatable bonds is 2. The van der Waals surface area contributed by atoms with Gasteiger partial charge in [-0.15, -0.1) is 0 Å². The van der Waals surface area contributed by atoms with E-state index in [4.69, 9.17) is 4.74 Å². The Morgan fingerprint density at radius 1 is 1.15 bits per heavy atom. The van der Waals surface area contributed by atoms with Crippen LogP contribution in [-0.2, 0) is 14.3 Å². The number of ether oxygens (including phenoxy) is 1. The number of amides is 2. The number of nitrogens with one attached hydrogen (secondary N) is 1. The van der Waals surface area contributed by atoms with Gasteiger partial charge in [-0.25, -0.2) is 9.29 Å². The number of halogens is 1. The predicted octanol–water partition coefficient (Wildman–Crippen LogP) is -0.627. The second kappa shape index (κ2) is 5.30. The van der Waals surface area contributed by atoms with Crippen molar-refractivity contribution in [2.75, 3.05) is 31.2 Å². The first kappa shape index (κ1) is 13.2. The summed E-state index contributed by atoms with van der Waals surface area (Å²) in [6, 6.07) is 5.09. The minimum Gasteiger partial charge on any atom is -0.370 e. The third-order valence-electron chi connectivity index (χ3n) is 3.86. The molecule has 0 saturated carbocycles. The molecule has 2 aliphatic rings. The molecule has 1 atom stereocenters. The molecule has 106 valence electrons. The number of imide groups is 1. The molecule has 0 bridgehead atoms. The fourth-order valence-corrected chi connectivity index (χ4v) is 2.79. The van der Waals surface area contributed by atoms with E-state index in [1.807, 2.05) is 0 Å². The van der Waals surface area contributed by atoms with Crippen LogP contribution in [0.4, 0.5) is 10.1 Å². The number of carbonyl (C=O) groups is 2. The summed E-state index contributed by atoms with van der Waals surface area (Å²) in [5, 5.41) is 0. The number of anilines is 1. The molecule has 0 unspecified atom stereocenters. The lowest BCUT2D eigenvalue weighted by molar-refractivity contribution is -0.922. The van der Waals surface area contributed by atoms with Crippen LogP contribution in [-0.4, -0.2) is 44.2 Å². The van der Waals surface area contributed by atoms with Gasteiger partial charge in [0.2, 0.25) is 5.91 Å². The zero-order valence-corrected chi connectivity index (χ0v) is 11.0. The molecule has 1 aromatic rings. The molecular formula is C14H16FN2O3+. The number of benzene rings is 1. The molecule has 2 heterocycles. The van der Waals surface area contributed by atoms with Gasteiger partial charge >= 0.3 is 0 Å². The molecule has 1 aromatic carbocycles. The highest BCUT2D eigenvalue weighted by Gasteiger charge is 2.45. The highest BCUT2D eigenvalue weighted by atomic mass is 19.1. The van der Waals surface area contributed by atoms with Gasteiger partial charge in [0, 0.05) is 0 Å². The van der Waals surface area contributed by atoms with Gasteiger partial charge in [-0.05, 0) is 24.3 Å². The Balaban J connectivity index is 1.81. The molecule has 2 saturated heterocycles. The van der Waals surface area contributed by atoms with Crippen LogP contribution in [0.3, 0.4) is 0 Å². The molecular weight excluding hydrogens is 263 g/mol. The summed E-state index contributed by atoms with van der Waals surface area (Å²) in [5.74, 6) is -0.799. The summed E-state index contributed by atoms with van der Waals surface area (Å²) in [6.45, 7) is 2.70. The zero-order chi connectivity index (χ0) is 14.1. The average molecular weight is 279 g/mol. The maximum atomic E-state index is 12.9. The van der Waals surface area contributed by atoms with Crippen molar-refractivity contribution < 1.29 is 23.6 Å². The number of carbonyl (C=O) groups excluding carboxylic acids is 2. The Bertz CT molecular complexity index is 526. The lowest BCUT2D eigenvalue weighted by Gasteiger charge is -2.27. The van der Waals surface area contributed by atoms with E-state index in [0.29, 0.717) is 18.9 Å². The van der Waals surface area contributed by atoms with Crippen LogP contribution >= 0.6 is 0 Å². The van der Waals surface area contributed by atoms with E-state index in [1.165, 1.54) is 29.2 Å². The van der Waals surface area contributed by atoms with Crippen LogP contribution in [0.5, 0.6) is 0 Å². The molecule has 2 fully saturated rings. The molecule has 3 rings (SSSR count). The monoisotopic (exact) mass is 279 g/mol. The van der Waals surface area contributed by atoms with Gasteiger partial charge in [0.15, 0.2) is 6.04 Å². The second-order valence-corrected chi connectivity index (χ2v) is 5.07. The fourth-order valence-electron chi connectivity index (χ4n) is 2.79. The number of hydrogen-bond acceptors (Lipinski definition) is 3.